The van der Waals surface area contributed by atoms with Gasteiger partial charge in [0, 0.05) is 12.6 Å². The Morgan fingerprint density at radius 2 is 1.26 bits per heavy atom. The third-order valence-corrected chi connectivity index (χ3v) is 5.71. The van der Waals surface area contributed by atoms with Gasteiger partial charge in [-0.05, 0) is 44.7 Å². The van der Waals surface area contributed by atoms with Gasteiger partial charge in [-0.2, -0.15) is 0 Å². The Balaban J connectivity index is 2.28. The van der Waals surface area contributed by atoms with Crippen molar-refractivity contribution in [2.24, 2.45) is 5.92 Å². The van der Waals surface area contributed by atoms with Gasteiger partial charge in [-0.3, -0.25) is 0 Å². The normalized spacial score (nSPS) is 17.2. The van der Waals surface area contributed by atoms with Crippen molar-refractivity contribution in [3.8, 4) is 0 Å². The van der Waals surface area contributed by atoms with Gasteiger partial charge in [0.2, 0.25) is 0 Å². The highest BCUT2D eigenvalue weighted by Crippen LogP contribution is 2.24. The summed E-state index contributed by atoms with van der Waals surface area (Å²) in [6.07, 6.45) is 19.2. The third kappa shape index (κ3) is 9.72. The lowest BCUT2D eigenvalue weighted by atomic mass is 9.93. The van der Waals surface area contributed by atoms with Crippen molar-refractivity contribution in [1.29, 1.82) is 0 Å². The molecule has 0 amide bonds. The van der Waals surface area contributed by atoms with Gasteiger partial charge in [-0.25, -0.2) is 0 Å². The summed E-state index contributed by atoms with van der Waals surface area (Å²) in [6, 6.07) is 0.817. The molecule has 0 aromatic rings. The minimum absolute atomic E-state index is 0.395. The molecule has 2 nitrogen and oxygen atoms in total. The third-order valence-electron chi connectivity index (χ3n) is 5.71. The fourth-order valence-electron chi connectivity index (χ4n) is 3.98. The van der Waals surface area contributed by atoms with Gasteiger partial charge in [0.1, 0.15) is 0 Å². The van der Waals surface area contributed by atoms with Crippen LogP contribution in [0.25, 0.3) is 0 Å². The Bertz CT molecular complexity index is 234. The molecule has 2 heteroatoms. The Kier molecular flexibility index (Phi) is 13.0. The fourth-order valence-corrected chi connectivity index (χ4v) is 3.98. The topological polar surface area (TPSA) is 23.5 Å². The molecule has 1 fully saturated rings. The maximum atomic E-state index is 9.35. The molecule has 0 spiro atoms. The standard InChI is InChI=1S/C21H43NO/c1-3-5-7-9-11-13-21(14-12-10-8-6-4-2)22-17-15-20(19-23)16-18-22/h20-21,23H,3-19H2,1-2H3. The predicted molar refractivity (Wildman–Crippen MR) is 102 cm³/mol. The first-order chi connectivity index (χ1) is 11.3. The number of hydrogen-bond donors (Lipinski definition) is 1. The predicted octanol–water partition coefficient (Wildman–Crippen LogP) is 5.78. The summed E-state index contributed by atoms with van der Waals surface area (Å²) >= 11 is 0. The van der Waals surface area contributed by atoms with Crippen LogP contribution in [0, 0.1) is 5.92 Å². The van der Waals surface area contributed by atoms with Crippen LogP contribution in [0.15, 0.2) is 0 Å². The summed E-state index contributed by atoms with van der Waals surface area (Å²) in [7, 11) is 0. The van der Waals surface area contributed by atoms with Crippen molar-refractivity contribution in [3.63, 3.8) is 0 Å². The van der Waals surface area contributed by atoms with Crippen LogP contribution in [0.4, 0.5) is 0 Å². The summed E-state index contributed by atoms with van der Waals surface area (Å²) in [6.45, 7) is 7.43. The molecule has 0 aromatic carbocycles. The van der Waals surface area contributed by atoms with E-state index in [1.807, 2.05) is 0 Å². The molecule has 1 aliphatic heterocycles. The van der Waals surface area contributed by atoms with Crippen LogP contribution >= 0.6 is 0 Å². The van der Waals surface area contributed by atoms with Gasteiger partial charge in [-0.15, -0.1) is 0 Å². The van der Waals surface area contributed by atoms with Crippen LogP contribution in [-0.2, 0) is 0 Å². The van der Waals surface area contributed by atoms with Crippen molar-refractivity contribution < 1.29 is 5.11 Å². The molecule has 0 atom stereocenters. The van der Waals surface area contributed by atoms with E-state index in [2.05, 4.69) is 18.7 Å². The molecule has 0 aromatic heterocycles. The molecule has 0 aliphatic carbocycles. The van der Waals surface area contributed by atoms with E-state index in [1.165, 1.54) is 103 Å². The van der Waals surface area contributed by atoms with Crippen molar-refractivity contribution in [3.05, 3.63) is 0 Å². The zero-order valence-electron chi connectivity index (χ0n) is 16.1. The van der Waals surface area contributed by atoms with Crippen LogP contribution in [0.1, 0.15) is 104 Å². The molecule has 0 radical (unpaired) electrons. The zero-order valence-corrected chi connectivity index (χ0v) is 16.1. The molecule has 23 heavy (non-hydrogen) atoms. The average molecular weight is 326 g/mol. The highest BCUT2D eigenvalue weighted by Gasteiger charge is 2.24. The van der Waals surface area contributed by atoms with E-state index in [0.29, 0.717) is 12.5 Å². The first-order valence-corrected chi connectivity index (χ1v) is 10.7. The second-order valence-electron chi connectivity index (χ2n) is 7.72. The van der Waals surface area contributed by atoms with Crippen LogP contribution in [0.3, 0.4) is 0 Å². The Labute approximate surface area is 146 Å². The highest BCUT2D eigenvalue weighted by atomic mass is 16.3. The number of unbranched alkanes of at least 4 members (excludes halogenated alkanes) is 8. The first kappa shape index (κ1) is 21.0. The quantitative estimate of drug-likeness (QED) is 0.409. The Morgan fingerprint density at radius 3 is 1.70 bits per heavy atom. The molecule has 1 N–H and O–H groups in total. The Hall–Kier alpha value is -0.0800. The van der Waals surface area contributed by atoms with E-state index in [1.54, 1.807) is 0 Å². The number of aliphatic hydroxyl groups is 1. The summed E-state index contributed by atoms with van der Waals surface area (Å²) in [5.74, 6) is 0.570. The molecule has 0 unspecified atom stereocenters. The average Bonchev–Trinajstić information content (AvgIpc) is 2.59. The highest BCUT2D eigenvalue weighted by molar-refractivity contribution is 4.78. The SMILES string of the molecule is CCCCCCCC(CCCCCCC)N1CCC(CO)CC1. The van der Waals surface area contributed by atoms with Gasteiger partial charge >= 0.3 is 0 Å². The molecule has 0 bridgehead atoms. The van der Waals surface area contributed by atoms with Crippen molar-refractivity contribution in [2.75, 3.05) is 19.7 Å². The van der Waals surface area contributed by atoms with E-state index < -0.39 is 0 Å². The first-order valence-electron chi connectivity index (χ1n) is 10.7. The van der Waals surface area contributed by atoms with Crippen molar-refractivity contribution in [1.82, 2.24) is 4.90 Å². The number of likely N-dealkylation sites (tertiary alicyclic amines) is 1. The second-order valence-corrected chi connectivity index (χ2v) is 7.72. The Morgan fingerprint density at radius 1 is 0.783 bits per heavy atom. The van der Waals surface area contributed by atoms with Gasteiger partial charge in [0.05, 0.1) is 0 Å². The monoisotopic (exact) mass is 325 g/mol. The lowest BCUT2D eigenvalue weighted by molar-refractivity contribution is 0.0902. The lowest BCUT2D eigenvalue weighted by Crippen LogP contribution is -2.42. The summed E-state index contributed by atoms with van der Waals surface area (Å²) < 4.78 is 0. The molecule has 1 aliphatic rings. The smallest absolute Gasteiger partial charge is 0.0460 e. The van der Waals surface area contributed by atoms with Crippen LogP contribution in [-0.4, -0.2) is 35.7 Å². The molecule has 1 rings (SSSR count). The van der Waals surface area contributed by atoms with E-state index >= 15 is 0 Å². The molecule has 1 saturated heterocycles. The maximum absolute atomic E-state index is 9.35. The fraction of sp³-hybridized carbons (Fsp3) is 1.00. The summed E-state index contributed by atoms with van der Waals surface area (Å²) in [4.78, 5) is 2.76. The largest absolute Gasteiger partial charge is 0.396 e. The summed E-state index contributed by atoms with van der Waals surface area (Å²) in [5.41, 5.74) is 0. The molecular weight excluding hydrogens is 282 g/mol. The van der Waals surface area contributed by atoms with Gasteiger partial charge in [0.25, 0.3) is 0 Å². The molecule has 138 valence electrons. The second kappa shape index (κ2) is 14.3. The maximum Gasteiger partial charge on any atom is 0.0460 e. The minimum Gasteiger partial charge on any atom is -0.396 e. The number of nitrogens with zero attached hydrogens (tertiary/aromatic N) is 1. The van der Waals surface area contributed by atoms with Crippen LogP contribution < -0.4 is 0 Å². The van der Waals surface area contributed by atoms with E-state index in [9.17, 15) is 5.11 Å². The summed E-state index contributed by atoms with van der Waals surface area (Å²) in [5, 5.41) is 9.35. The van der Waals surface area contributed by atoms with Crippen LogP contribution in [0.5, 0.6) is 0 Å². The van der Waals surface area contributed by atoms with Gasteiger partial charge in [0.15, 0.2) is 0 Å². The number of piperidine rings is 1. The molecule has 0 saturated carbocycles. The van der Waals surface area contributed by atoms with Gasteiger partial charge < -0.3 is 10.0 Å². The number of rotatable bonds is 14. The number of hydrogen-bond acceptors (Lipinski definition) is 2. The minimum atomic E-state index is 0.395. The molecular formula is C21H43NO. The van der Waals surface area contributed by atoms with Crippen LogP contribution in [0.2, 0.25) is 0 Å². The van der Waals surface area contributed by atoms with E-state index in [4.69, 9.17) is 0 Å². The zero-order chi connectivity index (χ0) is 16.8. The van der Waals surface area contributed by atoms with E-state index in [-0.39, 0.29) is 0 Å². The number of aliphatic hydroxyl groups excluding tert-OH is 1. The molecule has 1 heterocycles. The van der Waals surface area contributed by atoms with E-state index in [0.717, 1.165) is 6.04 Å². The van der Waals surface area contributed by atoms with Crippen molar-refractivity contribution >= 4 is 0 Å². The van der Waals surface area contributed by atoms with Gasteiger partial charge in [-0.1, -0.05) is 78.1 Å². The van der Waals surface area contributed by atoms with Crippen molar-refractivity contribution in [2.45, 2.75) is 110 Å². The lowest BCUT2D eigenvalue weighted by Gasteiger charge is -2.37.